The van der Waals surface area contributed by atoms with E-state index in [-0.39, 0.29) is 12.5 Å². The molecule has 1 N–H and O–H groups in total. The van der Waals surface area contributed by atoms with Gasteiger partial charge < -0.3 is 5.32 Å². The smallest absolute Gasteiger partial charge is 0.320 e. The number of halogens is 1. The predicted molar refractivity (Wildman–Crippen MR) is 88.9 cm³/mol. The van der Waals surface area contributed by atoms with Crippen molar-refractivity contribution < 1.29 is 9.18 Å². The van der Waals surface area contributed by atoms with Gasteiger partial charge in [0, 0.05) is 18.9 Å². The van der Waals surface area contributed by atoms with Gasteiger partial charge in [0.05, 0.1) is 5.69 Å². The molecule has 1 heterocycles. The lowest BCUT2D eigenvalue weighted by Crippen LogP contribution is -2.42. The Morgan fingerprint density at radius 3 is 2.67 bits per heavy atom. The van der Waals surface area contributed by atoms with E-state index in [1.54, 1.807) is 6.92 Å². The summed E-state index contributed by atoms with van der Waals surface area (Å²) < 4.78 is 15.6. The van der Waals surface area contributed by atoms with Crippen molar-refractivity contribution >= 4 is 5.91 Å². The lowest BCUT2D eigenvalue weighted by atomic mass is 10.2. The van der Waals surface area contributed by atoms with Crippen LogP contribution in [0, 0.1) is 12.7 Å². The predicted octanol–water partition coefficient (Wildman–Crippen LogP) is 1.36. The maximum atomic E-state index is 13.4. The van der Waals surface area contributed by atoms with Crippen LogP contribution in [0.15, 0.2) is 40.2 Å². The summed E-state index contributed by atoms with van der Waals surface area (Å²) in [7, 11) is 0. The number of nitrogens with zero attached hydrogens (tertiary/aromatic N) is 2. The SMILES string of the molecule is CCCCNC(=O)Cn1ccn(-c2cc(F)ccc2C)c(=O)c1=O. The summed E-state index contributed by atoms with van der Waals surface area (Å²) in [5.74, 6) is -0.827. The summed E-state index contributed by atoms with van der Waals surface area (Å²) in [6, 6.07) is 4.01. The Balaban J connectivity index is 2.29. The zero-order chi connectivity index (χ0) is 17.7. The average Bonchev–Trinajstić information content (AvgIpc) is 2.55. The van der Waals surface area contributed by atoms with E-state index >= 15 is 0 Å². The van der Waals surface area contributed by atoms with Crippen LogP contribution in [0.2, 0.25) is 0 Å². The maximum absolute atomic E-state index is 13.4. The highest BCUT2D eigenvalue weighted by Crippen LogP contribution is 2.13. The molecule has 2 aromatic rings. The van der Waals surface area contributed by atoms with Crippen molar-refractivity contribution in [1.29, 1.82) is 0 Å². The fourth-order valence-corrected chi connectivity index (χ4v) is 2.28. The number of unbranched alkanes of at least 4 members (excludes halogenated alkanes) is 1. The fourth-order valence-electron chi connectivity index (χ4n) is 2.28. The number of hydrogen-bond acceptors (Lipinski definition) is 3. The van der Waals surface area contributed by atoms with Crippen LogP contribution in [0.3, 0.4) is 0 Å². The number of aryl methyl sites for hydroxylation is 1. The van der Waals surface area contributed by atoms with E-state index in [2.05, 4.69) is 5.32 Å². The molecule has 0 radical (unpaired) electrons. The van der Waals surface area contributed by atoms with Crippen LogP contribution in [0.25, 0.3) is 5.69 Å². The van der Waals surface area contributed by atoms with Gasteiger partial charge in [-0.3, -0.25) is 23.5 Å². The first-order chi connectivity index (χ1) is 11.4. The number of nitrogens with one attached hydrogen (secondary N) is 1. The molecular formula is C17H20FN3O3. The normalized spacial score (nSPS) is 10.6. The van der Waals surface area contributed by atoms with Crippen molar-refractivity contribution in [1.82, 2.24) is 14.5 Å². The van der Waals surface area contributed by atoms with Gasteiger partial charge in [0.25, 0.3) is 0 Å². The van der Waals surface area contributed by atoms with E-state index in [9.17, 15) is 18.8 Å². The minimum absolute atomic E-state index is 0.221. The van der Waals surface area contributed by atoms with Crippen LogP contribution in [-0.2, 0) is 11.3 Å². The standard InChI is InChI=1S/C17H20FN3O3/c1-3-4-7-19-15(22)11-20-8-9-21(17(24)16(20)23)14-10-13(18)6-5-12(14)2/h5-6,8-10H,3-4,7,11H2,1-2H3,(H,19,22). The summed E-state index contributed by atoms with van der Waals surface area (Å²) in [5, 5.41) is 2.68. The summed E-state index contributed by atoms with van der Waals surface area (Å²) in [5.41, 5.74) is -0.691. The number of aromatic nitrogens is 2. The Bertz CT molecular complexity index is 855. The molecule has 0 aliphatic carbocycles. The number of amides is 1. The van der Waals surface area contributed by atoms with Gasteiger partial charge in [-0.25, -0.2) is 4.39 Å². The van der Waals surface area contributed by atoms with Gasteiger partial charge in [-0.15, -0.1) is 0 Å². The minimum Gasteiger partial charge on any atom is -0.355 e. The van der Waals surface area contributed by atoms with Crippen LogP contribution < -0.4 is 16.4 Å². The van der Waals surface area contributed by atoms with E-state index in [1.165, 1.54) is 30.6 Å². The number of benzene rings is 1. The molecule has 1 amide bonds. The van der Waals surface area contributed by atoms with E-state index < -0.39 is 16.9 Å². The molecule has 0 bridgehead atoms. The summed E-state index contributed by atoms with van der Waals surface area (Å²) in [4.78, 5) is 36.2. The molecule has 0 unspecified atom stereocenters. The van der Waals surface area contributed by atoms with Gasteiger partial charge in [-0.05, 0) is 31.0 Å². The molecule has 0 fully saturated rings. The average molecular weight is 333 g/mol. The Morgan fingerprint density at radius 2 is 1.96 bits per heavy atom. The maximum Gasteiger partial charge on any atom is 0.320 e. The topological polar surface area (TPSA) is 73.1 Å². The summed E-state index contributed by atoms with van der Waals surface area (Å²) in [6.07, 6.45) is 4.52. The first-order valence-electron chi connectivity index (χ1n) is 7.79. The Kier molecular flexibility index (Phi) is 5.68. The quantitative estimate of drug-likeness (QED) is 0.641. The molecule has 0 saturated carbocycles. The third-order valence-corrected chi connectivity index (χ3v) is 3.66. The highest BCUT2D eigenvalue weighted by molar-refractivity contribution is 5.75. The van der Waals surface area contributed by atoms with Crippen molar-refractivity contribution in [2.45, 2.75) is 33.2 Å². The van der Waals surface area contributed by atoms with E-state index in [0.29, 0.717) is 17.8 Å². The van der Waals surface area contributed by atoms with Gasteiger partial charge in [0.15, 0.2) is 0 Å². The van der Waals surface area contributed by atoms with Gasteiger partial charge in [-0.2, -0.15) is 0 Å². The first-order valence-corrected chi connectivity index (χ1v) is 7.79. The molecule has 6 nitrogen and oxygen atoms in total. The monoisotopic (exact) mass is 333 g/mol. The molecule has 1 aromatic carbocycles. The number of rotatable bonds is 6. The van der Waals surface area contributed by atoms with Crippen molar-refractivity contribution in [3.63, 3.8) is 0 Å². The number of carbonyl (C=O) groups is 1. The number of hydrogen-bond donors (Lipinski definition) is 1. The van der Waals surface area contributed by atoms with E-state index in [0.717, 1.165) is 22.0 Å². The van der Waals surface area contributed by atoms with E-state index in [1.807, 2.05) is 6.92 Å². The Hall–Kier alpha value is -2.70. The van der Waals surface area contributed by atoms with Crippen LogP contribution in [-0.4, -0.2) is 21.6 Å². The zero-order valence-corrected chi connectivity index (χ0v) is 13.7. The molecule has 128 valence electrons. The second-order valence-corrected chi connectivity index (χ2v) is 5.54. The first kappa shape index (κ1) is 17.7. The molecule has 0 saturated heterocycles. The molecule has 0 atom stereocenters. The molecule has 0 aliphatic heterocycles. The Labute approximate surface area is 138 Å². The van der Waals surface area contributed by atoms with Gasteiger partial charge in [0.2, 0.25) is 5.91 Å². The highest BCUT2D eigenvalue weighted by Gasteiger charge is 2.11. The van der Waals surface area contributed by atoms with Crippen LogP contribution >= 0.6 is 0 Å². The second kappa shape index (κ2) is 7.72. The summed E-state index contributed by atoms with van der Waals surface area (Å²) in [6.45, 7) is 4.03. The molecule has 24 heavy (non-hydrogen) atoms. The van der Waals surface area contributed by atoms with Gasteiger partial charge in [-0.1, -0.05) is 19.4 Å². The van der Waals surface area contributed by atoms with Crippen LogP contribution in [0.5, 0.6) is 0 Å². The molecule has 1 aromatic heterocycles. The van der Waals surface area contributed by atoms with E-state index in [4.69, 9.17) is 0 Å². The largest absolute Gasteiger partial charge is 0.355 e. The molecule has 0 spiro atoms. The molecule has 2 rings (SSSR count). The highest BCUT2D eigenvalue weighted by atomic mass is 19.1. The third-order valence-electron chi connectivity index (χ3n) is 3.66. The van der Waals surface area contributed by atoms with Crippen LogP contribution in [0.4, 0.5) is 4.39 Å². The molecule has 7 heteroatoms. The fraction of sp³-hybridized carbons (Fsp3) is 0.353. The summed E-state index contributed by atoms with van der Waals surface area (Å²) >= 11 is 0. The zero-order valence-electron chi connectivity index (χ0n) is 13.7. The molecular weight excluding hydrogens is 313 g/mol. The van der Waals surface area contributed by atoms with Crippen molar-refractivity contribution in [2.75, 3.05) is 6.54 Å². The lowest BCUT2D eigenvalue weighted by Gasteiger charge is -2.11. The van der Waals surface area contributed by atoms with Crippen LogP contribution in [0.1, 0.15) is 25.3 Å². The van der Waals surface area contributed by atoms with Gasteiger partial charge >= 0.3 is 11.1 Å². The van der Waals surface area contributed by atoms with Gasteiger partial charge in [0.1, 0.15) is 12.4 Å². The number of carbonyl (C=O) groups excluding carboxylic acids is 1. The lowest BCUT2D eigenvalue weighted by molar-refractivity contribution is -0.121. The Morgan fingerprint density at radius 1 is 1.21 bits per heavy atom. The van der Waals surface area contributed by atoms with Crippen molar-refractivity contribution in [2.24, 2.45) is 0 Å². The minimum atomic E-state index is -0.827. The van der Waals surface area contributed by atoms with Crippen molar-refractivity contribution in [3.05, 3.63) is 62.7 Å². The second-order valence-electron chi connectivity index (χ2n) is 5.54. The van der Waals surface area contributed by atoms with Crippen molar-refractivity contribution in [3.8, 4) is 5.69 Å². The molecule has 0 aliphatic rings. The third kappa shape index (κ3) is 3.98.